The van der Waals surface area contributed by atoms with Crippen molar-refractivity contribution in [3.8, 4) is 5.75 Å². The van der Waals surface area contributed by atoms with Crippen LogP contribution in [0.15, 0.2) is 18.2 Å². The Morgan fingerprint density at radius 2 is 2.29 bits per heavy atom. The average molecular weight is 290 g/mol. The number of carbonyl (C=O) groups is 1. The molecule has 0 spiro atoms. The Morgan fingerprint density at radius 3 is 2.90 bits per heavy atom. The minimum absolute atomic E-state index is 0.00213. The van der Waals surface area contributed by atoms with Gasteiger partial charge in [-0.1, -0.05) is 19.4 Å². The number of nitrogens with two attached hydrogens (primary N) is 1. The molecule has 2 unspecified atom stereocenters. The third-order valence-corrected chi connectivity index (χ3v) is 4.40. The van der Waals surface area contributed by atoms with Crippen LogP contribution in [0, 0.1) is 12.3 Å². The van der Waals surface area contributed by atoms with E-state index >= 15 is 0 Å². The number of carbonyl (C=O) groups excluding carboxylic acids is 1. The molecule has 2 rings (SSSR count). The van der Waals surface area contributed by atoms with Crippen LogP contribution in [0.3, 0.4) is 0 Å². The van der Waals surface area contributed by atoms with Gasteiger partial charge >= 0.3 is 0 Å². The highest BCUT2D eigenvalue weighted by atomic mass is 16.5. The molecule has 21 heavy (non-hydrogen) atoms. The summed E-state index contributed by atoms with van der Waals surface area (Å²) in [5.41, 5.74) is 7.49. The molecule has 4 heteroatoms. The first-order chi connectivity index (χ1) is 9.97. The summed E-state index contributed by atoms with van der Waals surface area (Å²) in [5, 5.41) is 3.02. The lowest BCUT2D eigenvalue weighted by Gasteiger charge is -2.28. The van der Waals surface area contributed by atoms with Crippen LogP contribution in [-0.2, 0) is 4.79 Å². The second-order valence-corrected chi connectivity index (χ2v) is 6.22. The average Bonchev–Trinajstić information content (AvgIpc) is 2.80. The van der Waals surface area contributed by atoms with Gasteiger partial charge in [0.15, 0.2) is 0 Å². The SMILES string of the molecule is CCCOc1cc(C)ccc1NC(=O)C1(C)CCCC1N. The Bertz CT molecular complexity index is 516. The molecule has 1 aromatic carbocycles. The molecule has 3 N–H and O–H groups in total. The fourth-order valence-corrected chi connectivity index (χ4v) is 2.80. The third kappa shape index (κ3) is 3.38. The molecular weight excluding hydrogens is 264 g/mol. The highest BCUT2D eigenvalue weighted by molar-refractivity contribution is 5.97. The predicted octanol–water partition coefficient (Wildman–Crippen LogP) is 3.24. The van der Waals surface area contributed by atoms with E-state index in [1.807, 2.05) is 32.0 Å². The molecule has 1 saturated carbocycles. The zero-order valence-corrected chi connectivity index (χ0v) is 13.2. The summed E-state index contributed by atoms with van der Waals surface area (Å²) >= 11 is 0. The zero-order valence-electron chi connectivity index (χ0n) is 13.2. The van der Waals surface area contributed by atoms with Crippen molar-refractivity contribution in [1.29, 1.82) is 0 Å². The Morgan fingerprint density at radius 1 is 1.52 bits per heavy atom. The number of amides is 1. The second kappa shape index (κ2) is 6.48. The number of rotatable bonds is 5. The van der Waals surface area contributed by atoms with Crippen LogP contribution in [-0.4, -0.2) is 18.6 Å². The van der Waals surface area contributed by atoms with E-state index < -0.39 is 5.41 Å². The summed E-state index contributed by atoms with van der Waals surface area (Å²) in [5.74, 6) is 0.734. The topological polar surface area (TPSA) is 64.3 Å². The maximum absolute atomic E-state index is 12.6. The van der Waals surface area contributed by atoms with Crippen LogP contribution in [0.2, 0.25) is 0 Å². The molecule has 0 heterocycles. The van der Waals surface area contributed by atoms with Gasteiger partial charge in [-0.15, -0.1) is 0 Å². The minimum Gasteiger partial charge on any atom is -0.491 e. The fraction of sp³-hybridized carbons (Fsp3) is 0.588. The smallest absolute Gasteiger partial charge is 0.231 e. The van der Waals surface area contributed by atoms with Crippen molar-refractivity contribution < 1.29 is 9.53 Å². The van der Waals surface area contributed by atoms with Gasteiger partial charge in [0.25, 0.3) is 0 Å². The highest BCUT2D eigenvalue weighted by Crippen LogP contribution is 2.38. The molecule has 1 aliphatic rings. The normalized spacial score (nSPS) is 24.9. The number of aryl methyl sites for hydroxylation is 1. The van der Waals surface area contributed by atoms with Gasteiger partial charge in [0.05, 0.1) is 17.7 Å². The molecular formula is C17H26N2O2. The van der Waals surface area contributed by atoms with Crippen LogP contribution in [0.25, 0.3) is 0 Å². The monoisotopic (exact) mass is 290 g/mol. The van der Waals surface area contributed by atoms with Gasteiger partial charge in [0.1, 0.15) is 5.75 Å². The molecule has 1 amide bonds. The Hall–Kier alpha value is -1.55. The standard InChI is InChI=1S/C17H26N2O2/c1-4-10-21-14-11-12(2)7-8-13(14)19-16(20)17(3)9-5-6-15(17)18/h7-8,11,15H,4-6,9-10,18H2,1-3H3,(H,19,20). The van der Waals surface area contributed by atoms with E-state index in [2.05, 4.69) is 12.2 Å². The lowest BCUT2D eigenvalue weighted by Crippen LogP contribution is -2.44. The third-order valence-electron chi connectivity index (χ3n) is 4.40. The lowest BCUT2D eigenvalue weighted by molar-refractivity contribution is -0.125. The van der Waals surface area contributed by atoms with Crippen molar-refractivity contribution >= 4 is 11.6 Å². The number of ether oxygens (including phenoxy) is 1. The first-order valence-corrected chi connectivity index (χ1v) is 7.78. The largest absolute Gasteiger partial charge is 0.491 e. The van der Waals surface area contributed by atoms with Crippen LogP contribution in [0.1, 0.15) is 45.1 Å². The maximum Gasteiger partial charge on any atom is 0.231 e. The molecule has 0 saturated heterocycles. The maximum atomic E-state index is 12.6. The lowest BCUT2D eigenvalue weighted by atomic mass is 9.84. The number of anilines is 1. The summed E-state index contributed by atoms with van der Waals surface area (Å²) in [6.45, 7) is 6.68. The molecule has 2 atom stereocenters. The minimum atomic E-state index is -0.479. The van der Waals surface area contributed by atoms with Crippen LogP contribution in [0.4, 0.5) is 5.69 Å². The van der Waals surface area contributed by atoms with Gasteiger partial charge in [-0.3, -0.25) is 4.79 Å². The summed E-state index contributed by atoms with van der Waals surface area (Å²) in [7, 11) is 0. The molecule has 1 aromatic rings. The van der Waals surface area contributed by atoms with E-state index in [1.54, 1.807) is 0 Å². The second-order valence-electron chi connectivity index (χ2n) is 6.22. The summed E-state index contributed by atoms with van der Waals surface area (Å²) in [6, 6.07) is 5.78. The summed E-state index contributed by atoms with van der Waals surface area (Å²) in [6.07, 6.45) is 3.70. The van der Waals surface area contributed by atoms with Gasteiger partial charge in [0.2, 0.25) is 5.91 Å². The van der Waals surface area contributed by atoms with E-state index in [1.165, 1.54) is 0 Å². The molecule has 116 valence electrons. The Balaban J connectivity index is 2.17. The molecule has 0 aliphatic heterocycles. The van der Waals surface area contributed by atoms with Crippen molar-refractivity contribution in [2.45, 2.75) is 52.5 Å². The number of hydrogen-bond acceptors (Lipinski definition) is 3. The molecule has 0 radical (unpaired) electrons. The van der Waals surface area contributed by atoms with Crippen molar-refractivity contribution in [2.75, 3.05) is 11.9 Å². The first kappa shape index (κ1) is 15.8. The van der Waals surface area contributed by atoms with Gasteiger partial charge in [-0.25, -0.2) is 0 Å². The van der Waals surface area contributed by atoms with E-state index in [-0.39, 0.29) is 11.9 Å². The highest BCUT2D eigenvalue weighted by Gasteiger charge is 2.43. The van der Waals surface area contributed by atoms with E-state index in [0.29, 0.717) is 6.61 Å². The molecule has 0 bridgehead atoms. The Labute approximate surface area is 127 Å². The predicted molar refractivity (Wildman–Crippen MR) is 85.5 cm³/mol. The van der Waals surface area contributed by atoms with Crippen LogP contribution in [0.5, 0.6) is 5.75 Å². The summed E-state index contributed by atoms with van der Waals surface area (Å²) < 4.78 is 5.74. The van der Waals surface area contributed by atoms with Crippen LogP contribution < -0.4 is 15.8 Å². The van der Waals surface area contributed by atoms with Gasteiger partial charge in [-0.05, 0) is 50.8 Å². The molecule has 1 fully saturated rings. The first-order valence-electron chi connectivity index (χ1n) is 7.78. The van der Waals surface area contributed by atoms with Gasteiger partial charge < -0.3 is 15.8 Å². The zero-order chi connectivity index (χ0) is 15.5. The van der Waals surface area contributed by atoms with Crippen molar-refractivity contribution in [3.05, 3.63) is 23.8 Å². The van der Waals surface area contributed by atoms with E-state index in [9.17, 15) is 4.79 Å². The van der Waals surface area contributed by atoms with Gasteiger partial charge in [0, 0.05) is 6.04 Å². The number of benzene rings is 1. The van der Waals surface area contributed by atoms with Crippen LogP contribution >= 0.6 is 0 Å². The van der Waals surface area contributed by atoms with Crippen molar-refractivity contribution in [3.63, 3.8) is 0 Å². The van der Waals surface area contributed by atoms with Crippen molar-refractivity contribution in [1.82, 2.24) is 0 Å². The fourth-order valence-electron chi connectivity index (χ4n) is 2.80. The molecule has 4 nitrogen and oxygen atoms in total. The number of hydrogen-bond donors (Lipinski definition) is 2. The van der Waals surface area contributed by atoms with Crippen molar-refractivity contribution in [2.24, 2.45) is 11.1 Å². The molecule has 0 aromatic heterocycles. The van der Waals surface area contributed by atoms with Gasteiger partial charge in [-0.2, -0.15) is 0 Å². The Kier molecular flexibility index (Phi) is 4.88. The quantitative estimate of drug-likeness (QED) is 0.875. The van der Waals surface area contributed by atoms with E-state index in [4.69, 9.17) is 10.5 Å². The molecule has 1 aliphatic carbocycles. The van der Waals surface area contributed by atoms with E-state index in [0.717, 1.165) is 42.7 Å². The number of nitrogens with one attached hydrogen (secondary N) is 1. The summed E-state index contributed by atoms with van der Waals surface area (Å²) in [4.78, 5) is 12.6.